The molecule has 0 atom stereocenters. The number of anilines is 1. The van der Waals surface area contributed by atoms with Crippen molar-refractivity contribution in [3.05, 3.63) is 62.6 Å². The number of hydrogen-bond acceptors (Lipinski definition) is 8. The molecule has 0 radical (unpaired) electrons. The van der Waals surface area contributed by atoms with Crippen molar-refractivity contribution in [2.45, 2.75) is 20.0 Å². The summed E-state index contributed by atoms with van der Waals surface area (Å²) in [6, 6.07) is 10.4. The fraction of sp³-hybridized carbons (Fsp3) is 0.190. The molecular formula is C21H19Cl2N5O4S. The Bertz CT molecular complexity index is 1190. The summed E-state index contributed by atoms with van der Waals surface area (Å²) in [7, 11) is 1.53. The molecule has 1 aromatic heterocycles. The second kappa shape index (κ2) is 11.6. The van der Waals surface area contributed by atoms with Crippen LogP contribution in [0.1, 0.15) is 23.1 Å². The average Bonchev–Trinajstić information content (AvgIpc) is 3.19. The molecule has 0 saturated heterocycles. The van der Waals surface area contributed by atoms with Gasteiger partial charge in [-0.15, -0.1) is 10.2 Å². The smallest absolute Gasteiger partial charge is 0.247 e. The molecule has 2 aromatic carbocycles. The zero-order valence-corrected chi connectivity index (χ0v) is 19.9. The van der Waals surface area contributed by atoms with E-state index < -0.39 is 0 Å². The molecule has 0 bridgehead atoms. The second-order valence-corrected chi connectivity index (χ2v) is 8.49. The highest BCUT2D eigenvalue weighted by atomic mass is 35.5. The number of nitrogens with one attached hydrogen (secondary N) is 2. The monoisotopic (exact) mass is 507 g/mol. The largest absolute Gasteiger partial charge is 0.493 e. The maximum absolute atomic E-state index is 12.0. The van der Waals surface area contributed by atoms with Crippen molar-refractivity contribution < 1.29 is 19.1 Å². The van der Waals surface area contributed by atoms with E-state index in [1.807, 2.05) is 0 Å². The van der Waals surface area contributed by atoms with Gasteiger partial charge in [0.2, 0.25) is 16.9 Å². The van der Waals surface area contributed by atoms with Crippen LogP contribution >= 0.6 is 34.5 Å². The summed E-state index contributed by atoms with van der Waals surface area (Å²) < 4.78 is 11.2. The van der Waals surface area contributed by atoms with Crippen molar-refractivity contribution in [1.82, 2.24) is 15.6 Å². The average molecular weight is 508 g/mol. The van der Waals surface area contributed by atoms with Gasteiger partial charge in [-0.3, -0.25) is 9.59 Å². The van der Waals surface area contributed by atoms with Crippen molar-refractivity contribution in [3.8, 4) is 11.5 Å². The van der Waals surface area contributed by atoms with E-state index in [1.165, 1.54) is 20.2 Å². The summed E-state index contributed by atoms with van der Waals surface area (Å²) in [5, 5.41) is 16.0. The molecule has 0 aliphatic carbocycles. The molecule has 0 unspecified atom stereocenters. The Hall–Kier alpha value is -3.21. The van der Waals surface area contributed by atoms with E-state index in [2.05, 4.69) is 26.0 Å². The summed E-state index contributed by atoms with van der Waals surface area (Å²) in [5.74, 6) is 0.390. The normalized spacial score (nSPS) is 10.8. The predicted molar refractivity (Wildman–Crippen MR) is 127 cm³/mol. The number of ether oxygens (including phenoxy) is 2. The van der Waals surface area contributed by atoms with Gasteiger partial charge in [-0.25, -0.2) is 5.43 Å². The number of benzene rings is 2. The van der Waals surface area contributed by atoms with Gasteiger partial charge in [0.1, 0.15) is 11.6 Å². The zero-order chi connectivity index (χ0) is 23.8. The highest BCUT2D eigenvalue weighted by Crippen LogP contribution is 2.29. The van der Waals surface area contributed by atoms with E-state index in [0.29, 0.717) is 37.2 Å². The van der Waals surface area contributed by atoms with Gasteiger partial charge < -0.3 is 14.8 Å². The first-order chi connectivity index (χ1) is 15.8. The van der Waals surface area contributed by atoms with Gasteiger partial charge in [-0.1, -0.05) is 40.6 Å². The molecule has 0 aliphatic heterocycles. The molecule has 12 heteroatoms. The van der Waals surface area contributed by atoms with Gasteiger partial charge in [-0.2, -0.15) is 5.10 Å². The third-order valence-electron chi connectivity index (χ3n) is 4.05. The van der Waals surface area contributed by atoms with Gasteiger partial charge in [0, 0.05) is 22.5 Å². The van der Waals surface area contributed by atoms with Gasteiger partial charge >= 0.3 is 0 Å². The van der Waals surface area contributed by atoms with Crippen LogP contribution < -0.4 is 20.2 Å². The minimum absolute atomic E-state index is 0.0159. The summed E-state index contributed by atoms with van der Waals surface area (Å²) in [6.07, 6.45) is 1.46. The summed E-state index contributed by atoms with van der Waals surface area (Å²) >= 11 is 13.2. The maximum atomic E-state index is 12.0. The molecule has 1 heterocycles. The number of amides is 2. The third kappa shape index (κ3) is 7.41. The van der Waals surface area contributed by atoms with Crippen LogP contribution in [0.2, 0.25) is 10.0 Å². The lowest BCUT2D eigenvalue weighted by Crippen LogP contribution is -2.19. The van der Waals surface area contributed by atoms with Crippen molar-refractivity contribution in [3.63, 3.8) is 0 Å². The molecule has 2 N–H and O–H groups in total. The van der Waals surface area contributed by atoms with Crippen LogP contribution in [0.4, 0.5) is 5.13 Å². The van der Waals surface area contributed by atoms with Crippen molar-refractivity contribution >= 4 is 57.7 Å². The number of rotatable bonds is 9. The van der Waals surface area contributed by atoms with E-state index >= 15 is 0 Å². The van der Waals surface area contributed by atoms with Crippen LogP contribution in [0.15, 0.2) is 41.5 Å². The van der Waals surface area contributed by atoms with Crippen molar-refractivity contribution in [1.29, 1.82) is 0 Å². The van der Waals surface area contributed by atoms with E-state index in [1.54, 1.807) is 36.4 Å². The zero-order valence-electron chi connectivity index (χ0n) is 17.6. The number of nitrogens with zero attached hydrogens (tertiary/aromatic N) is 3. The van der Waals surface area contributed by atoms with Crippen molar-refractivity contribution in [2.75, 3.05) is 12.4 Å². The Morgan fingerprint density at radius 1 is 1.15 bits per heavy atom. The third-order valence-corrected chi connectivity index (χ3v) is 5.48. The van der Waals surface area contributed by atoms with E-state index in [4.69, 9.17) is 32.7 Å². The number of halogens is 2. The summed E-state index contributed by atoms with van der Waals surface area (Å²) in [6.45, 7) is 1.61. The molecule has 0 saturated carbocycles. The second-order valence-electron chi connectivity index (χ2n) is 6.59. The Morgan fingerprint density at radius 2 is 1.97 bits per heavy atom. The Labute approximate surface area is 203 Å². The molecule has 3 aromatic rings. The molecule has 0 spiro atoms. The lowest BCUT2D eigenvalue weighted by molar-refractivity contribution is -0.120. The first-order valence-electron chi connectivity index (χ1n) is 9.50. The molecule has 172 valence electrons. The van der Waals surface area contributed by atoms with E-state index in [9.17, 15) is 9.59 Å². The predicted octanol–water partition coefficient (Wildman–Crippen LogP) is 4.08. The van der Waals surface area contributed by atoms with Crippen molar-refractivity contribution in [2.24, 2.45) is 5.10 Å². The molecule has 33 heavy (non-hydrogen) atoms. The fourth-order valence-corrected chi connectivity index (χ4v) is 3.81. The van der Waals surface area contributed by atoms with Gasteiger partial charge in [0.15, 0.2) is 11.5 Å². The molecule has 3 rings (SSSR count). The molecule has 0 aliphatic rings. The topological polar surface area (TPSA) is 115 Å². The first-order valence-corrected chi connectivity index (χ1v) is 11.1. The number of hydrazone groups is 1. The standard InChI is InChI=1S/C21H19Cl2N5O4S/c1-12(29)25-21-28-27-20(33-21)9-19(30)26-24-10-13-3-6-17(18(7-13)31-2)32-11-14-4-5-15(22)8-16(14)23/h3-8,10H,9,11H2,1-2H3,(H,26,30)(H,25,28,29)/b24-10+. The minimum Gasteiger partial charge on any atom is -0.493 e. The SMILES string of the molecule is COc1cc(/C=N/NC(=O)Cc2nnc(NC(C)=O)s2)ccc1OCc1ccc(Cl)cc1Cl. The number of carbonyl (C=O) groups excluding carboxylic acids is 2. The molecular weight excluding hydrogens is 489 g/mol. The quantitative estimate of drug-likeness (QED) is 0.333. The lowest BCUT2D eigenvalue weighted by atomic mass is 10.2. The van der Waals surface area contributed by atoms with E-state index in [0.717, 1.165) is 16.9 Å². The van der Waals surface area contributed by atoms with Crippen LogP contribution in [-0.2, 0) is 22.6 Å². The summed E-state index contributed by atoms with van der Waals surface area (Å²) in [5.41, 5.74) is 3.90. The summed E-state index contributed by atoms with van der Waals surface area (Å²) in [4.78, 5) is 23.1. The van der Waals surface area contributed by atoms with Crippen LogP contribution in [0, 0.1) is 0 Å². The Morgan fingerprint density at radius 3 is 2.70 bits per heavy atom. The van der Waals surface area contributed by atoms with Crippen LogP contribution in [0.5, 0.6) is 11.5 Å². The van der Waals surface area contributed by atoms with Gasteiger partial charge in [-0.05, 0) is 35.9 Å². The molecule has 0 fully saturated rings. The minimum atomic E-state index is -0.372. The van der Waals surface area contributed by atoms with Gasteiger partial charge in [0.05, 0.1) is 19.7 Å². The highest BCUT2D eigenvalue weighted by molar-refractivity contribution is 7.15. The van der Waals surface area contributed by atoms with E-state index in [-0.39, 0.29) is 24.8 Å². The Kier molecular flexibility index (Phi) is 8.58. The Balaban J connectivity index is 1.55. The van der Waals surface area contributed by atoms with Crippen LogP contribution in [0.25, 0.3) is 0 Å². The number of carbonyl (C=O) groups is 2. The maximum Gasteiger partial charge on any atom is 0.247 e. The molecule has 9 nitrogen and oxygen atoms in total. The number of methoxy groups -OCH3 is 1. The van der Waals surface area contributed by atoms with Crippen LogP contribution in [0.3, 0.4) is 0 Å². The lowest BCUT2D eigenvalue weighted by Gasteiger charge is -2.12. The number of hydrogen-bond donors (Lipinski definition) is 2. The highest BCUT2D eigenvalue weighted by Gasteiger charge is 2.10. The first kappa shape index (κ1) is 24.4. The van der Waals surface area contributed by atoms with Crippen LogP contribution in [-0.4, -0.2) is 35.3 Å². The molecule has 2 amide bonds. The van der Waals surface area contributed by atoms with Gasteiger partial charge in [0.25, 0.3) is 0 Å². The fourth-order valence-electron chi connectivity index (χ4n) is 2.56. The number of aromatic nitrogens is 2.